The summed E-state index contributed by atoms with van der Waals surface area (Å²) in [5.41, 5.74) is 0. The fourth-order valence-corrected chi connectivity index (χ4v) is 0.934. The third kappa shape index (κ3) is 5.56. The Bertz CT molecular complexity index is 93.8. The van der Waals surface area contributed by atoms with Crippen LogP contribution in [0.25, 0.3) is 0 Å². The van der Waals surface area contributed by atoms with Gasteiger partial charge in [-0.15, -0.1) is 0 Å². The van der Waals surface area contributed by atoms with Crippen LogP contribution in [0, 0.1) is 5.92 Å². The van der Waals surface area contributed by atoms with Crippen molar-refractivity contribution in [3.05, 3.63) is 0 Å². The highest BCUT2D eigenvalue weighted by molar-refractivity contribution is 4.58. The van der Waals surface area contributed by atoms with Gasteiger partial charge >= 0.3 is 0 Å². The van der Waals surface area contributed by atoms with Crippen molar-refractivity contribution >= 4 is 0 Å². The number of hydrogen-bond donors (Lipinski definition) is 1. The second kappa shape index (κ2) is 7.56. The summed E-state index contributed by atoms with van der Waals surface area (Å²) in [6.45, 7) is 7.26. The molecule has 0 aromatic carbocycles. The number of rotatable bonds is 7. The van der Waals surface area contributed by atoms with Gasteiger partial charge in [0.25, 0.3) is 0 Å². The minimum Gasteiger partial charge on any atom is -0.396 e. The number of hydrogen-bond acceptors (Lipinski definition) is 2. The smallest absolute Gasteiger partial charge is 0.0594 e. The van der Waals surface area contributed by atoms with Gasteiger partial charge in [-0.05, 0) is 13.3 Å². The Morgan fingerprint density at radius 3 is 2.42 bits per heavy atom. The van der Waals surface area contributed by atoms with Crippen molar-refractivity contribution in [3.8, 4) is 0 Å². The van der Waals surface area contributed by atoms with E-state index in [4.69, 9.17) is 9.84 Å². The summed E-state index contributed by atoms with van der Waals surface area (Å²) in [6.07, 6.45) is 3.79. The van der Waals surface area contributed by atoms with Crippen LogP contribution in [-0.2, 0) is 4.74 Å². The molecule has 0 spiro atoms. The zero-order chi connectivity index (χ0) is 9.40. The molecule has 0 rings (SSSR count). The van der Waals surface area contributed by atoms with Gasteiger partial charge in [0, 0.05) is 19.1 Å². The van der Waals surface area contributed by atoms with Crippen LogP contribution in [0.3, 0.4) is 0 Å². The highest BCUT2D eigenvalue weighted by Crippen LogP contribution is 2.06. The van der Waals surface area contributed by atoms with E-state index in [9.17, 15) is 0 Å². The summed E-state index contributed by atoms with van der Waals surface area (Å²) >= 11 is 0. The predicted octanol–water partition coefficient (Wildman–Crippen LogP) is 2.21. The zero-order valence-electron chi connectivity index (χ0n) is 8.55. The van der Waals surface area contributed by atoms with E-state index in [0.717, 1.165) is 13.0 Å². The van der Waals surface area contributed by atoms with E-state index in [1.807, 2.05) is 13.8 Å². The molecule has 0 amide bonds. The van der Waals surface area contributed by atoms with E-state index in [2.05, 4.69) is 6.92 Å². The maximum absolute atomic E-state index is 8.83. The number of aliphatic hydroxyl groups excluding tert-OH is 1. The van der Waals surface area contributed by atoms with E-state index in [1.165, 1.54) is 12.8 Å². The zero-order valence-corrected chi connectivity index (χ0v) is 8.55. The van der Waals surface area contributed by atoms with E-state index in [0.29, 0.717) is 0 Å². The lowest BCUT2D eigenvalue weighted by Gasteiger charge is -2.18. The van der Waals surface area contributed by atoms with E-state index in [1.54, 1.807) is 0 Å². The predicted molar refractivity (Wildman–Crippen MR) is 51.2 cm³/mol. The van der Waals surface area contributed by atoms with Crippen molar-refractivity contribution in [1.29, 1.82) is 0 Å². The molecule has 1 N–H and O–H groups in total. The molecule has 0 saturated heterocycles. The first-order valence-corrected chi connectivity index (χ1v) is 4.94. The second-order valence-electron chi connectivity index (χ2n) is 3.44. The quantitative estimate of drug-likeness (QED) is 0.600. The molecule has 0 aliphatic carbocycles. The number of aliphatic hydroxyl groups is 1. The molecule has 0 aromatic heterocycles. The minimum absolute atomic E-state index is 0.187. The van der Waals surface area contributed by atoms with Gasteiger partial charge in [0.2, 0.25) is 0 Å². The molecule has 2 nitrogen and oxygen atoms in total. The molecule has 0 heterocycles. The topological polar surface area (TPSA) is 29.5 Å². The van der Waals surface area contributed by atoms with Gasteiger partial charge in [0.15, 0.2) is 0 Å². The summed E-state index contributed by atoms with van der Waals surface area (Å²) in [4.78, 5) is 0. The summed E-state index contributed by atoms with van der Waals surface area (Å²) in [6, 6.07) is 0. The van der Waals surface area contributed by atoms with E-state index in [-0.39, 0.29) is 18.6 Å². The first-order valence-electron chi connectivity index (χ1n) is 4.94. The maximum Gasteiger partial charge on any atom is 0.0594 e. The molecule has 2 heteroatoms. The molecular formula is C10H22O2. The summed E-state index contributed by atoms with van der Waals surface area (Å²) < 4.78 is 5.54. The van der Waals surface area contributed by atoms with Crippen LogP contribution in [0.4, 0.5) is 0 Å². The molecular weight excluding hydrogens is 152 g/mol. The van der Waals surface area contributed by atoms with Crippen LogP contribution < -0.4 is 0 Å². The molecule has 2 atom stereocenters. The Balaban J connectivity index is 3.24. The van der Waals surface area contributed by atoms with Crippen molar-refractivity contribution in [2.45, 2.75) is 46.1 Å². The van der Waals surface area contributed by atoms with Crippen LogP contribution in [0.2, 0.25) is 0 Å². The lowest BCUT2D eigenvalue weighted by atomic mass is 10.1. The molecule has 0 radical (unpaired) electrons. The van der Waals surface area contributed by atoms with Gasteiger partial charge in [-0.3, -0.25) is 0 Å². The first kappa shape index (κ1) is 11.9. The molecule has 0 aliphatic heterocycles. The maximum atomic E-state index is 8.83. The third-order valence-corrected chi connectivity index (χ3v) is 2.22. The van der Waals surface area contributed by atoms with Gasteiger partial charge in [-0.1, -0.05) is 26.7 Å². The van der Waals surface area contributed by atoms with Crippen molar-refractivity contribution in [3.63, 3.8) is 0 Å². The summed E-state index contributed by atoms with van der Waals surface area (Å²) in [5.74, 6) is 0.256. The van der Waals surface area contributed by atoms with Crippen molar-refractivity contribution in [1.82, 2.24) is 0 Å². The molecule has 0 aliphatic rings. The normalized spacial score (nSPS) is 16.0. The van der Waals surface area contributed by atoms with Gasteiger partial charge in [0.05, 0.1) is 6.10 Å². The second-order valence-corrected chi connectivity index (χ2v) is 3.44. The fraction of sp³-hybridized carbons (Fsp3) is 1.00. The molecule has 2 unspecified atom stereocenters. The summed E-state index contributed by atoms with van der Waals surface area (Å²) in [5, 5.41) is 8.83. The molecule has 74 valence electrons. The molecule has 0 aromatic rings. The largest absolute Gasteiger partial charge is 0.396 e. The highest BCUT2D eigenvalue weighted by atomic mass is 16.5. The molecule has 12 heavy (non-hydrogen) atoms. The average molecular weight is 174 g/mol. The monoisotopic (exact) mass is 174 g/mol. The first-order chi connectivity index (χ1) is 5.72. The lowest BCUT2D eigenvalue weighted by molar-refractivity contribution is 0.0102. The van der Waals surface area contributed by atoms with Crippen LogP contribution in [0.5, 0.6) is 0 Å². The summed E-state index contributed by atoms with van der Waals surface area (Å²) in [7, 11) is 0. The van der Waals surface area contributed by atoms with Gasteiger partial charge in [-0.2, -0.15) is 0 Å². The lowest BCUT2D eigenvalue weighted by Crippen LogP contribution is -2.21. The highest BCUT2D eigenvalue weighted by Gasteiger charge is 2.10. The van der Waals surface area contributed by atoms with Crippen LogP contribution >= 0.6 is 0 Å². The van der Waals surface area contributed by atoms with Crippen molar-refractivity contribution in [2.75, 3.05) is 13.2 Å². The molecule has 0 saturated carbocycles. The fourth-order valence-electron chi connectivity index (χ4n) is 0.934. The van der Waals surface area contributed by atoms with E-state index < -0.39 is 0 Å². The van der Waals surface area contributed by atoms with Crippen LogP contribution in [-0.4, -0.2) is 24.4 Å². The van der Waals surface area contributed by atoms with Gasteiger partial charge in [-0.25, -0.2) is 0 Å². The Morgan fingerprint density at radius 1 is 1.25 bits per heavy atom. The van der Waals surface area contributed by atoms with E-state index >= 15 is 0 Å². The standard InChI is InChI=1S/C10H22O2/c1-4-5-6-7-12-10(3)9(2)8-11/h9-11H,4-8H2,1-3H3. The number of unbranched alkanes of at least 4 members (excludes halogenated alkanes) is 2. The SMILES string of the molecule is CCCCCOC(C)C(C)CO. The van der Waals surface area contributed by atoms with Crippen molar-refractivity contribution < 1.29 is 9.84 Å². The molecule has 0 bridgehead atoms. The van der Waals surface area contributed by atoms with Crippen molar-refractivity contribution in [2.24, 2.45) is 5.92 Å². The average Bonchev–Trinajstić information content (AvgIpc) is 2.10. The van der Waals surface area contributed by atoms with Crippen LogP contribution in [0.1, 0.15) is 40.0 Å². The Hall–Kier alpha value is -0.0800. The molecule has 0 fully saturated rings. The third-order valence-electron chi connectivity index (χ3n) is 2.22. The Kier molecular flexibility index (Phi) is 7.51. The van der Waals surface area contributed by atoms with Crippen LogP contribution in [0.15, 0.2) is 0 Å². The van der Waals surface area contributed by atoms with Gasteiger partial charge < -0.3 is 9.84 Å². The minimum atomic E-state index is 0.187. The Labute approximate surface area is 75.9 Å². The number of ether oxygens (including phenoxy) is 1. The van der Waals surface area contributed by atoms with Gasteiger partial charge in [0.1, 0.15) is 0 Å². The Morgan fingerprint density at radius 2 is 1.92 bits per heavy atom.